The van der Waals surface area contributed by atoms with E-state index in [1.807, 2.05) is 22.6 Å². The van der Waals surface area contributed by atoms with Crippen LogP contribution in [-0.4, -0.2) is 15.7 Å². The van der Waals surface area contributed by atoms with Gasteiger partial charge in [0.1, 0.15) is 23.3 Å². The Kier molecular flexibility index (Phi) is 6.76. The third-order valence-corrected chi connectivity index (χ3v) is 5.78. The minimum atomic E-state index is -0.705. The van der Waals surface area contributed by atoms with E-state index in [2.05, 4.69) is 10.6 Å². The maximum Gasteiger partial charge on any atom is 0.237 e. The predicted molar refractivity (Wildman–Crippen MR) is 109 cm³/mol. The summed E-state index contributed by atoms with van der Waals surface area (Å²) in [6, 6.07) is 4.11. The van der Waals surface area contributed by atoms with Crippen molar-refractivity contribution in [3.05, 3.63) is 58.7 Å². The number of hydrogen-bond acceptors (Lipinski definition) is 2. The number of aryl methyl sites for hydroxylation is 2. The van der Waals surface area contributed by atoms with Crippen LogP contribution in [0.25, 0.3) is 0 Å². The van der Waals surface area contributed by atoms with Crippen molar-refractivity contribution >= 4 is 45.8 Å². The fourth-order valence-corrected chi connectivity index (χ4v) is 3.65. The molecule has 29 heavy (non-hydrogen) atoms. The highest BCUT2D eigenvalue weighted by atomic mass is 127. The van der Waals surface area contributed by atoms with Crippen LogP contribution in [0.2, 0.25) is 0 Å². The molecule has 2 heterocycles. The molecule has 0 saturated heterocycles. The van der Waals surface area contributed by atoms with Gasteiger partial charge >= 0.3 is 0 Å². The second kappa shape index (κ2) is 9.10. The number of carbonyl (C=O) groups is 2. The van der Waals surface area contributed by atoms with E-state index < -0.39 is 23.3 Å². The molecule has 154 valence electrons. The van der Waals surface area contributed by atoms with Gasteiger partial charge in [-0.25, -0.2) is 17.6 Å². The van der Waals surface area contributed by atoms with Crippen molar-refractivity contribution in [3.63, 3.8) is 0 Å². The Hall–Kier alpha value is -2.17. The molecule has 2 N–H and O–H groups in total. The van der Waals surface area contributed by atoms with Crippen LogP contribution in [0.4, 0.5) is 28.9 Å². The van der Waals surface area contributed by atoms with E-state index in [1.54, 1.807) is 0 Å². The van der Waals surface area contributed by atoms with Crippen molar-refractivity contribution in [2.75, 3.05) is 10.6 Å². The standard InChI is InChI=1S/C10H8F2INO.C10H9F2NO/c11-6-3-5-1-2-8(13)10(15)14-9(5)7(12)4-6;11-7-4-6-2-1-3-9(14)13-10(6)8(12)5-7/h3-4,8H,1-2H2,(H,14,15);4-5H,1-3H2,(H,13,14). The van der Waals surface area contributed by atoms with Crippen LogP contribution in [0.15, 0.2) is 24.3 Å². The lowest BCUT2D eigenvalue weighted by Crippen LogP contribution is -2.21. The third-order valence-electron chi connectivity index (χ3n) is 4.59. The first kappa shape index (κ1) is 21.5. The number of alkyl halides is 1. The summed E-state index contributed by atoms with van der Waals surface area (Å²) in [5.41, 5.74) is 1.32. The minimum Gasteiger partial charge on any atom is -0.323 e. The quantitative estimate of drug-likeness (QED) is 0.295. The van der Waals surface area contributed by atoms with Crippen LogP contribution in [-0.2, 0) is 22.4 Å². The molecule has 0 aromatic heterocycles. The highest BCUT2D eigenvalue weighted by molar-refractivity contribution is 14.1. The molecular formula is C20H17F4IN2O2. The van der Waals surface area contributed by atoms with Gasteiger partial charge in [-0.15, -0.1) is 0 Å². The van der Waals surface area contributed by atoms with Gasteiger partial charge < -0.3 is 10.6 Å². The number of halogens is 5. The van der Waals surface area contributed by atoms with E-state index in [0.29, 0.717) is 43.2 Å². The number of fused-ring (bicyclic) bond motifs is 2. The zero-order valence-corrected chi connectivity index (χ0v) is 17.3. The summed E-state index contributed by atoms with van der Waals surface area (Å²) in [5.74, 6) is -3.04. The number of anilines is 2. The molecule has 2 aliphatic heterocycles. The van der Waals surface area contributed by atoms with Gasteiger partial charge in [0.15, 0.2) is 0 Å². The van der Waals surface area contributed by atoms with Crippen LogP contribution in [0.5, 0.6) is 0 Å². The Morgan fingerprint density at radius 3 is 1.97 bits per heavy atom. The largest absolute Gasteiger partial charge is 0.323 e. The SMILES string of the molecule is O=C1CCCc2cc(F)cc(F)c2N1.O=C1Nc2c(F)cc(F)cc2CCC1I. The van der Waals surface area contributed by atoms with Gasteiger partial charge in [-0.3, -0.25) is 9.59 Å². The summed E-state index contributed by atoms with van der Waals surface area (Å²) >= 11 is 2.00. The van der Waals surface area contributed by atoms with Gasteiger partial charge in [0, 0.05) is 18.6 Å². The second-order valence-electron chi connectivity index (χ2n) is 6.74. The first-order chi connectivity index (χ1) is 13.7. The predicted octanol–water partition coefficient (Wildman–Crippen LogP) is 4.89. The van der Waals surface area contributed by atoms with Gasteiger partial charge in [0.2, 0.25) is 11.8 Å². The fourth-order valence-electron chi connectivity index (χ4n) is 3.18. The van der Waals surface area contributed by atoms with E-state index >= 15 is 0 Å². The van der Waals surface area contributed by atoms with Crippen LogP contribution >= 0.6 is 22.6 Å². The zero-order valence-electron chi connectivity index (χ0n) is 15.1. The van der Waals surface area contributed by atoms with Crippen LogP contribution < -0.4 is 10.6 Å². The molecule has 1 atom stereocenters. The Morgan fingerprint density at radius 2 is 1.34 bits per heavy atom. The average Bonchev–Trinajstić information content (AvgIpc) is 2.91. The van der Waals surface area contributed by atoms with Crippen LogP contribution in [0.3, 0.4) is 0 Å². The molecule has 0 saturated carbocycles. The first-order valence-corrected chi connectivity index (χ1v) is 10.2. The highest BCUT2D eigenvalue weighted by Crippen LogP contribution is 2.28. The van der Waals surface area contributed by atoms with E-state index in [1.165, 1.54) is 12.1 Å². The maximum absolute atomic E-state index is 13.4. The average molecular weight is 520 g/mol. The van der Waals surface area contributed by atoms with Crippen molar-refractivity contribution < 1.29 is 27.2 Å². The molecule has 4 nitrogen and oxygen atoms in total. The van der Waals surface area contributed by atoms with Gasteiger partial charge in [-0.1, -0.05) is 22.6 Å². The number of amides is 2. The summed E-state index contributed by atoms with van der Waals surface area (Å²) in [6.07, 6.45) is 2.62. The monoisotopic (exact) mass is 520 g/mol. The van der Waals surface area contributed by atoms with Crippen LogP contribution in [0.1, 0.15) is 30.4 Å². The normalized spacial score (nSPS) is 18.2. The van der Waals surface area contributed by atoms with Crippen molar-refractivity contribution in [3.8, 4) is 0 Å². The van der Waals surface area contributed by atoms with Crippen molar-refractivity contribution in [2.24, 2.45) is 0 Å². The number of benzene rings is 2. The smallest absolute Gasteiger partial charge is 0.237 e. The maximum atomic E-state index is 13.4. The van der Waals surface area contributed by atoms with Crippen molar-refractivity contribution in [1.29, 1.82) is 0 Å². The van der Waals surface area contributed by atoms with E-state index in [0.717, 1.165) is 12.1 Å². The van der Waals surface area contributed by atoms with Gasteiger partial charge in [0.05, 0.1) is 15.3 Å². The lowest BCUT2D eigenvalue weighted by molar-refractivity contribution is -0.116. The Bertz CT molecular complexity index is 968. The number of rotatable bonds is 0. The van der Waals surface area contributed by atoms with E-state index in [9.17, 15) is 27.2 Å². The molecule has 1 unspecified atom stereocenters. The molecular weight excluding hydrogens is 503 g/mol. The summed E-state index contributed by atoms with van der Waals surface area (Å²) in [6.45, 7) is 0. The fraction of sp³-hybridized carbons (Fsp3) is 0.300. The molecule has 2 aliphatic rings. The molecule has 2 aromatic carbocycles. The summed E-state index contributed by atoms with van der Waals surface area (Å²) in [5, 5.41) is 4.92. The lowest BCUT2D eigenvalue weighted by atomic mass is 10.1. The number of carbonyl (C=O) groups excluding carboxylic acids is 2. The topological polar surface area (TPSA) is 58.2 Å². The Morgan fingerprint density at radius 1 is 0.793 bits per heavy atom. The van der Waals surface area contributed by atoms with Gasteiger partial charge in [-0.2, -0.15) is 0 Å². The first-order valence-electron chi connectivity index (χ1n) is 8.95. The third kappa shape index (κ3) is 5.26. The number of nitrogens with one attached hydrogen (secondary N) is 2. The minimum absolute atomic E-state index is 0.126. The highest BCUT2D eigenvalue weighted by Gasteiger charge is 2.23. The van der Waals surface area contributed by atoms with E-state index in [-0.39, 0.29) is 27.1 Å². The number of hydrogen-bond donors (Lipinski definition) is 2. The summed E-state index contributed by atoms with van der Waals surface area (Å²) < 4.78 is 52.2. The molecule has 0 bridgehead atoms. The molecule has 0 fully saturated rings. The molecule has 0 radical (unpaired) electrons. The molecule has 0 spiro atoms. The second-order valence-corrected chi connectivity index (χ2v) is 8.24. The van der Waals surface area contributed by atoms with Crippen molar-refractivity contribution in [2.45, 2.75) is 36.0 Å². The molecule has 9 heteroatoms. The summed E-state index contributed by atoms with van der Waals surface area (Å²) in [7, 11) is 0. The Balaban J connectivity index is 0.000000166. The Labute approximate surface area is 178 Å². The molecule has 4 rings (SSSR count). The van der Waals surface area contributed by atoms with E-state index in [4.69, 9.17) is 0 Å². The molecule has 0 aliphatic carbocycles. The van der Waals surface area contributed by atoms with Crippen molar-refractivity contribution in [1.82, 2.24) is 0 Å². The molecule has 2 amide bonds. The summed E-state index contributed by atoms with van der Waals surface area (Å²) in [4.78, 5) is 22.5. The lowest BCUT2D eigenvalue weighted by Gasteiger charge is -2.07. The molecule has 2 aromatic rings. The van der Waals surface area contributed by atoms with Gasteiger partial charge in [-0.05, 0) is 48.9 Å². The van der Waals surface area contributed by atoms with Crippen LogP contribution in [0, 0.1) is 23.3 Å². The zero-order chi connectivity index (χ0) is 21.1. The van der Waals surface area contributed by atoms with Gasteiger partial charge in [0.25, 0.3) is 0 Å².